The highest BCUT2D eigenvalue weighted by atomic mass is 127. The maximum absolute atomic E-state index is 10.1. The van der Waals surface area contributed by atoms with Gasteiger partial charge in [0.2, 0.25) is 0 Å². The molecule has 3 heterocycles. The van der Waals surface area contributed by atoms with Crippen LogP contribution in [0.2, 0.25) is 5.15 Å². The highest BCUT2D eigenvalue weighted by molar-refractivity contribution is 14.1. The zero-order valence-electron chi connectivity index (χ0n) is 10.0. The van der Waals surface area contributed by atoms with Gasteiger partial charge in [0.25, 0.3) is 0 Å². The number of halogens is 2. The molecule has 2 aromatic heterocycles. The van der Waals surface area contributed by atoms with Gasteiger partial charge in [-0.2, -0.15) is 0 Å². The standard InChI is InChI=1S/C11H11ClIN3O4/c12-9-6-4(13)1-16(10(6)15-3-14-9)11-8(19)7(18)5(2-17)20-11/h1,3,5,7-8,11,17-19H,2H2/t5-,7+,8-,11-/m0/s1. The van der Waals surface area contributed by atoms with Crippen molar-refractivity contribution in [2.45, 2.75) is 24.5 Å². The van der Waals surface area contributed by atoms with Gasteiger partial charge in [-0.15, -0.1) is 0 Å². The number of nitrogens with zero attached hydrogens (tertiary/aromatic N) is 3. The van der Waals surface area contributed by atoms with Crippen molar-refractivity contribution in [2.24, 2.45) is 0 Å². The van der Waals surface area contributed by atoms with Crippen LogP contribution in [0.15, 0.2) is 12.5 Å². The summed E-state index contributed by atoms with van der Waals surface area (Å²) in [5, 5.41) is 30.0. The molecule has 108 valence electrons. The second-order valence-corrected chi connectivity index (χ2v) is 6.00. The predicted molar refractivity (Wildman–Crippen MR) is 78.3 cm³/mol. The van der Waals surface area contributed by atoms with Crippen LogP contribution in [0.4, 0.5) is 0 Å². The van der Waals surface area contributed by atoms with Gasteiger partial charge < -0.3 is 24.6 Å². The van der Waals surface area contributed by atoms with Crippen LogP contribution in [-0.2, 0) is 4.74 Å². The lowest BCUT2D eigenvalue weighted by molar-refractivity contribution is -0.0509. The van der Waals surface area contributed by atoms with E-state index in [0.717, 1.165) is 3.57 Å². The Morgan fingerprint density at radius 2 is 2.10 bits per heavy atom. The van der Waals surface area contributed by atoms with Crippen molar-refractivity contribution in [3.8, 4) is 0 Å². The summed E-state index contributed by atoms with van der Waals surface area (Å²) in [4.78, 5) is 8.06. The number of ether oxygens (including phenoxy) is 1. The average Bonchev–Trinajstić information content (AvgIpc) is 2.90. The number of hydrogen-bond acceptors (Lipinski definition) is 6. The van der Waals surface area contributed by atoms with Gasteiger partial charge in [-0.25, -0.2) is 9.97 Å². The van der Waals surface area contributed by atoms with Crippen LogP contribution in [0, 0.1) is 3.57 Å². The Kier molecular flexibility index (Phi) is 3.86. The van der Waals surface area contributed by atoms with Gasteiger partial charge >= 0.3 is 0 Å². The first-order valence-corrected chi connectivity index (χ1v) is 7.29. The van der Waals surface area contributed by atoms with Gasteiger partial charge in [0.15, 0.2) is 6.23 Å². The molecule has 1 saturated heterocycles. The van der Waals surface area contributed by atoms with Crippen molar-refractivity contribution in [3.05, 3.63) is 21.2 Å². The molecule has 0 unspecified atom stereocenters. The monoisotopic (exact) mass is 411 g/mol. The predicted octanol–water partition coefficient (Wildman–Crippen LogP) is 0.301. The minimum Gasteiger partial charge on any atom is -0.394 e. The van der Waals surface area contributed by atoms with E-state index >= 15 is 0 Å². The number of aromatic nitrogens is 3. The number of fused-ring (bicyclic) bond motifs is 1. The Morgan fingerprint density at radius 3 is 2.75 bits per heavy atom. The molecular weight excluding hydrogens is 400 g/mol. The normalized spacial score (nSPS) is 30.2. The molecule has 1 aliphatic heterocycles. The van der Waals surface area contributed by atoms with Crippen molar-refractivity contribution in [2.75, 3.05) is 6.61 Å². The summed E-state index contributed by atoms with van der Waals surface area (Å²) in [6.45, 7) is -0.374. The molecule has 3 N–H and O–H groups in total. The summed E-state index contributed by atoms with van der Waals surface area (Å²) in [5.74, 6) is 0. The molecule has 9 heteroatoms. The van der Waals surface area contributed by atoms with E-state index in [1.54, 1.807) is 10.8 Å². The van der Waals surface area contributed by atoms with Gasteiger partial charge in [-0.05, 0) is 22.6 Å². The third kappa shape index (κ3) is 2.11. The Balaban J connectivity index is 2.10. The summed E-state index contributed by atoms with van der Waals surface area (Å²) in [6, 6.07) is 0. The van der Waals surface area contributed by atoms with Crippen LogP contribution in [0.3, 0.4) is 0 Å². The van der Waals surface area contributed by atoms with Crippen LogP contribution in [0.1, 0.15) is 6.23 Å². The van der Waals surface area contributed by atoms with E-state index in [9.17, 15) is 10.2 Å². The number of rotatable bonds is 2. The quantitative estimate of drug-likeness (QED) is 0.485. The van der Waals surface area contributed by atoms with Gasteiger partial charge in [-0.3, -0.25) is 0 Å². The zero-order valence-corrected chi connectivity index (χ0v) is 12.9. The van der Waals surface area contributed by atoms with Crippen LogP contribution >= 0.6 is 34.2 Å². The van der Waals surface area contributed by atoms with E-state index < -0.39 is 24.5 Å². The second-order valence-electron chi connectivity index (χ2n) is 4.48. The summed E-state index contributed by atoms with van der Waals surface area (Å²) in [7, 11) is 0. The van der Waals surface area contributed by atoms with E-state index in [0.29, 0.717) is 16.2 Å². The van der Waals surface area contributed by atoms with E-state index in [1.165, 1.54) is 6.33 Å². The van der Waals surface area contributed by atoms with Crippen LogP contribution in [-0.4, -0.2) is 54.8 Å². The van der Waals surface area contributed by atoms with Gasteiger partial charge in [0, 0.05) is 9.77 Å². The molecular formula is C11H11ClIN3O4. The lowest BCUT2D eigenvalue weighted by Gasteiger charge is -2.17. The number of hydrogen-bond donors (Lipinski definition) is 3. The lowest BCUT2D eigenvalue weighted by atomic mass is 10.1. The Hall–Kier alpha value is -0.520. The molecule has 3 rings (SSSR count). The maximum atomic E-state index is 10.1. The van der Waals surface area contributed by atoms with E-state index in [-0.39, 0.29) is 6.61 Å². The smallest absolute Gasteiger partial charge is 0.164 e. The highest BCUT2D eigenvalue weighted by Crippen LogP contribution is 2.35. The molecule has 1 fully saturated rings. The molecule has 4 atom stereocenters. The molecule has 0 amide bonds. The summed E-state index contributed by atoms with van der Waals surface area (Å²) < 4.78 is 7.89. The Labute approximate surface area is 132 Å². The van der Waals surface area contributed by atoms with E-state index in [1.807, 2.05) is 0 Å². The van der Waals surface area contributed by atoms with Crippen molar-refractivity contribution in [3.63, 3.8) is 0 Å². The van der Waals surface area contributed by atoms with Gasteiger partial charge in [-0.1, -0.05) is 11.6 Å². The number of aliphatic hydroxyl groups excluding tert-OH is 3. The third-order valence-corrected chi connectivity index (χ3v) is 4.41. The molecule has 0 radical (unpaired) electrons. The molecule has 1 aliphatic rings. The molecule has 20 heavy (non-hydrogen) atoms. The molecule has 0 bridgehead atoms. The second kappa shape index (κ2) is 5.35. The van der Waals surface area contributed by atoms with Crippen LogP contribution in [0.5, 0.6) is 0 Å². The summed E-state index contributed by atoms with van der Waals surface area (Å²) >= 11 is 8.12. The minimum atomic E-state index is -1.16. The molecule has 0 aromatic carbocycles. The first-order chi connectivity index (χ1) is 9.54. The van der Waals surface area contributed by atoms with Crippen LogP contribution < -0.4 is 0 Å². The number of aliphatic hydroxyl groups is 3. The fourth-order valence-electron chi connectivity index (χ4n) is 2.31. The molecule has 2 aromatic rings. The summed E-state index contributed by atoms with van der Waals surface area (Å²) in [5.41, 5.74) is 0.504. The molecule has 0 saturated carbocycles. The maximum Gasteiger partial charge on any atom is 0.164 e. The Bertz CT molecular complexity index is 652. The third-order valence-electron chi connectivity index (χ3n) is 3.31. The van der Waals surface area contributed by atoms with Crippen molar-refractivity contribution in [1.29, 1.82) is 0 Å². The fourth-order valence-corrected chi connectivity index (χ4v) is 3.49. The first kappa shape index (κ1) is 14.4. The molecule has 0 aliphatic carbocycles. The van der Waals surface area contributed by atoms with Gasteiger partial charge in [0.05, 0.1) is 12.0 Å². The topological polar surface area (TPSA) is 101 Å². The van der Waals surface area contributed by atoms with Crippen LogP contribution in [0.25, 0.3) is 11.0 Å². The van der Waals surface area contributed by atoms with Crippen molar-refractivity contribution < 1.29 is 20.1 Å². The van der Waals surface area contributed by atoms with Crippen molar-refractivity contribution >= 4 is 45.2 Å². The van der Waals surface area contributed by atoms with Gasteiger partial charge in [0.1, 0.15) is 35.4 Å². The lowest BCUT2D eigenvalue weighted by Crippen LogP contribution is -2.33. The molecule has 0 spiro atoms. The largest absolute Gasteiger partial charge is 0.394 e. The van der Waals surface area contributed by atoms with E-state index in [4.69, 9.17) is 21.4 Å². The zero-order chi connectivity index (χ0) is 14.4. The average molecular weight is 412 g/mol. The first-order valence-electron chi connectivity index (χ1n) is 5.83. The van der Waals surface area contributed by atoms with E-state index in [2.05, 4.69) is 32.6 Å². The Morgan fingerprint density at radius 1 is 1.35 bits per heavy atom. The minimum absolute atomic E-state index is 0.310. The fraction of sp³-hybridized carbons (Fsp3) is 0.455. The highest BCUT2D eigenvalue weighted by Gasteiger charge is 2.44. The SMILES string of the molecule is OC[C@@H]1O[C@H](n2cc(I)c3c(Cl)ncnc32)[C@@H](O)[C@@H]1O. The molecule has 7 nitrogen and oxygen atoms in total. The summed E-state index contributed by atoms with van der Waals surface area (Å²) in [6.07, 6.45) is -0.948. The van der Waals surface area contributed by atoms with Crippen molar-refractivity contribution in [1.82, 2.24) is 14.5 Å².